The van der Waals surface area contributed by atoms with E-state index in [4.69, 9.17) is 0 Å². The van der Waals surface area contributed by atoms with Gasteiger partial charge < -0.3 is 10.3 Å². The minimum absolute atomic E-state index is 0.0497. The van der Waals surface area contributed by atoms with Crippen molar-refractivity contribution < 1.29 is 14.7 Å². The Morgan fingerprint density at radius 1 is 1.00 bits per heavy atom. The van der Waals surface area contributed by atoms with Crippen molar-refractivity contribution in [1.29, 1.82) is 0 Å². The van der Waals surface area contributed by atoms with Gasteiger partial charge in [-0.25, -0.2) is 0 Å². The molecule has 1 aromatic heterocycles. The average molecular weight is 229 g/mol. The molecule has 3 aromatic rings. The first-order chi connectivity index (χ1) is 8.20. The first-order valence-electron chi connectivity index (χ1n) is 5.07. The Balaban J connectivity index is 2.74. The number of phenols is 1. The van der Waals surface area contributed by atoms with Crippen LogP contribution in [0.4, 0.5) is 0 Å². The molecule has 0 bridgehead atoms. The highest BCUT2D eigenvalue weighted by Crippen LogP contribution is 2.22. The smallest absolute Gasteiger partial charge is 0.331 e. The molecule has 0 amide bonds. The number of hydrogen-bond acceptors (Lipinski definition) is 3. The molecule has 0 saturated heterocycles. The number of nitrogens with zero attached hydrogens (tertiary/aromatic N) is 2. The van der Waals surface area contributed by atoms with E-state index < -0.39 is 0 Å². The van der Waals surface area contributed by atoms with Crippen LogP contribution in [0.3, 0.4) is 0 Å². The first-order valence-corrected chi connectivity index (χ1v) is 5.07. The van der Waals surface area contributed by atoms with Gasteiger partial charge in [0.15, 0.2) is 16.8 Å². The number of phenolic OH excluding ortho intramolecular Hbond substituents is 1. The maximum absolute atomic E-state index is 12.1. The molecule has 0 spiro atoms. The second kappa shape index (κ2) is 3.21. The number of rotatable bonds is 0. The van der Waals surface area contributed by atoms with Crippen LogP contribution >= 0.6 is 0 Å². The number of para-hydroxylation sites is 3. The van der Waals surface area contributed by atoms with Gasteiger partial charge in [0.1, 0.15) is 0 Å². The van der Waals surface area contributed by atoms with E-state index in [1.807, 2.05) is 0 Å². The highest BCUT2D eigenvalue weighted by atomic mass is 16.5. The van der Waals surface area contributed by atoms with Crippen LogP contribution in [0, 0.1) is 4.91 Å². The lowest BCUT2D eigenvalue weighted by Crippen LogP contribution is -2.20. The predicted molar refractivity (Wildman–Crippen MR) is 61.7 cm³/mol. The zero-order valence-corrected chi connectivity index (χ0v) is 8.74. The summed E-state index contributed by atoms with van der Waals surface area (Å²) in [6.07, 6.45) is 0. The lowest BCUT2D eigenvalue weighted by Gasteiger charge is -2.02. The summed E-state index contributed by atoms with van der Waals surface area (Å²) in [6, 6.07) is 11.2. The van der Waals surface area contributed by atoms with Gasteiger partial charge in [0.2, 0.25) is 0 Å². The van der Waals surface area contributed by atoms with Crippen LogP contribution in [0.5, 0.6) is 5.75 Å². The maximum Gasteiger partial charge on any atom is 0.331 e. The van der Waals surface area contributed by atoms with Crippen molar-refractivity contribution in [1.82, 2.24) is 4.73 Å². The Morgan fingerprint density at radius 2 is 1.71 bits per heavy atom. The van der Waals surface area contributed by atoms with Gasteiger partial charge in [0.25, 0.3) is 5.52 Å². The van der Waals surface area contributed by atoms with Crippen LogP contribution in [0.25, 0.3) is 22.1 Å². The SMILES string of the molecule is O=[n+]1c2ccccc2n(O)c2cccc(O)c21. The van der Waals surface area contributed by atoms with Crippen LogP contribution < -0.4 is 4.43 Å². The quantitative estimate of drug-likeness (QED) is 0.350. The summed E-state index contributed by atoms with van der Waals surface area (Å²) >= 11 is 0. The molecule has 17 heavy (non-hydrogen) atoms. The third-order valence-corrected chi connectivity index (χ3v) is 2.75. The molecule has 2 N–H and O–H groups in total. The Kier molecular flexibility index (Phi) is 1.82. The van der Waals surface area contributed by atoms with E-state index in [2.05, 4.69) is 0 Å². The first kappa shape index (κ1) is 9.65. The summed E-state index contributed by atoms with van der Waals surface area (Å²) in [5.74, 6) is -0.161. The van der Waals surface area contributed by atoms with Crippen molar-refractivity contribution in [3.8, 4) is 5.75 Å². The Labute approximate surface area is 95.3 Å². The highest BCUT2D eigenvalue weighted by Gasteiger charge is 2.20. The topological polar surface area (TPSA) is 68.4 Å². The van der Waals surface area contributed by atoms with Gasteiger partial charge in [-0.3, -0.25) is 0 Å². The van der Waals surface area contributed by atoms with E-state index in [9.17, 15) is 15.2 Å². The molecule has 0 atom stereocenters. The van der Waals surface area contributed by atoms with E-state index in [0.29, 0.717) is 15.5 Å². The van der Waals surface area contributed by atoms with Crippen molar-refractivity contribution in [2.75, 3.05) is 0 Å². The monoisotopic (exact) mass is 229 g/mol. The lowest BCUT2D eigenvalue weighted by atomic mass is 10.2. The molecule has 0 aliphatic heterocycles. The van der Waals surface area contributed by atoms with Crippen LogP contribution in [0.2, 0.25) is 0 Å². The summed E-state index contributed by atoms with van der Waals surface area (Å²) < 4.78 is 1.52. The van der Waals surface area contributed by atoms with Crippen molar-refractivity contribution >= 4 is 22.1 Å². The molecular formula is C12H9N2O3+. The van der Waals surface area contributed by atoms with Crippen molar-refractivity contribution in [3.63, 3.8) is 0 Å². The molecule has 5 nitrogen and oxygen atoms in total. The van der Waals surface area contributed by atoms with E-state index in [0.717, 1.165) is 4.73 Å². The molecule has 0 aliphatic carbocycles. The summed E-state index contributed by atoms with van der Waals surface area (Å²) in [6.45, 7) is 0. The largest absolute Gasteiger partial charge is 0.502 e. The molecule has 2 aromatic carbocycles. The van der Waals surface area contributed by atoms with Gasteiger partial charge in [-0.05, 0) is 18.2 Å². The fourth-order valence-corrected chi connectivity index (χ4v) is 1.96. The van der Waals surface area contributed by atoms with Crippen LogP contribution in [0.15, 0.2) is 42.5 Å². The van der Waals surface area contributed by atoms with E-state index in [1.165, 1.54) is 6.07 Å². The predicted octanol–water partition coefficient (Wildman–Crippen LogP) is 1.65. The van der Waals surface area contributed by atoms with Gasteiger partial charge in [-0.15, -0.1) is 0 Å². The molecule has 0 unspecified atom stereocenters. The molecule has 1 heterocycles. The van der Waals surface area contributed by atoms with Gasteiger partial charge in [0.05, 0.1) is 4.43 Å². The Hall–Kier alpha value is -2.56. The second-order valence-corrected chi connectivity index (χ2v) is 3.74. The zero-order valence-electron chi connectivity index (χ0n) is 8.74. The number of hydrogen-bond donors (Lipinski definition) is 2. The zero-order chi connectivity index (χ0) is 12.0. The Bertz CT molecular complexity index is 793. The lowest BCUT2D eigenvalue weighted by molar-refractivity contribution is -0.433. The molecule has 84 valence electrons. The minimum atomic E-state index is -0.161. The molecule has 0 radical (unpaired) electrons. The summed E-state index contributed by atoms with van der Waals surface area (Å²) in [5.41, 5.74) is 0.997. The molecule has 0 aliphatic rings. The van der Waals surface area contributed by atoms with E-state index >= 15 is 0 Å². The molecular weight excluding hydrogens is 220 g/mol. The fourth-order valence-electron chi connectivity index (χ4n) is 1.96. The molecule has 3 rings (SSSR count). The highest BCUT2D eigenvalue weighted by molar-refractivity contribution is 5.85. The summed E-state index contributed by atoms with van der Waals surface area (Å²) in [7, 11) is 0. The van der Waals surface area contributed by atoms with Crippen molar-refractivity contribution in [2.45, 2.75) is 0 Å². The maximum atomic E-state index is 12.1. The van der Waals surface area contributed by atoms with Gasteiger partial charge in [-0.2, -0.15) is 4.73 Å². The normalized spacial score (nSPS) is 11.1. The minimum Gasteiger partial charge on any atom is -0.502 e. The molecule has 0 fully saturated rings. The second-order valence-electron chi connectivity index (χ2n) is 3.74. The van der Waals surface area contributed by atoms with Crippen molar-refractivity contribution in [2.24, 2.45) is 0 Å². The van der Waals surface area contributed by atoms with E-state index in [1.54, 1.807) is 36.4 Å². The Morgan fingerprint density at radius 3 is 2.53 bits per heavy atom. The number of fused-ring (bicyclic) bond motifs is 2. The standard InChI is InChI=1S/C12H8N2O3/c15-11-7-3-6-10-12(11)14(17)9-5-2-1-4-8(9)13(10)16/h1-7,16H/p+1. The van der Waals surface area contributed by atoms with Gasteiger partial charge in [0, 0.05) is 11.0 Å². The van der Waals surface area contributed by atoms with Gasteiger partial charge >= 0.3 is 5.52 Å². The number of aromatic hydroxyl groups is 1. The third kappa shape index (κ3) is 1.19. The van der Waals surface area contributed by atoms with Crippen LogP contribution in [-0.4, -0.2) is 15.0 Å². The van der Waals surface area contributed by atoms with E-state index in [-0.39, 0.29) is 16.8 Å². The number of benzene rings is 2. The van der Waals surface area contributed by atoms with Crippen molar-refractivity contribution in [3.05, 3.63) is 47.4 Å². The van der Waals surface area contributed by atoms with Gasteiger partial charge in [-0.1, -0.05) is 18.2 Å². The van der Waals surface area contributed by atoms with Crippen LogP contribution in [0.1, 0.15) is 0 Å². The summed E-state index contributed by atoms with van der Waals surface area (Å²) in [5, 5.41) is 19.7. The molecule has 0 saturated carbocycles. The number of aromatic nitrogens is 2. The average Bonchev–Trinajstić information content (AvgIpc) is 2.36. The van der Waals surface area contributed by atoms with Crippen LogP contribution in [-0.2, 0) is 0 Å². The molecule has 5 heteroatoms. The third-order valence-electron chi connectivity index (χ3n) is 2.75. The fraction of sp³-hybridized carbons (Fsp3) is 0. The summed E-state index contributed by atoms with van der Waals surface area (Å²) in [4.78, 5) is 12.1.